The zero-order chi connectivity index (χ0) is 13.0. The number of primary amides is 1. The Labute approximate surface area is 94.9 Å². The maximum atomic E-state index is 13.4. The number of nitro groups is 1. The van der Waals surface area contributed by atoms with Crippen LogP contribution in [0.4, 0.5) is 10.1 Å². The van der Waals surface area contributed by atoms with Gasteiger partial charge in [-0.15, -0.1) is 0 Å². The van der Waals surface area contributed by atoms with Crippen LogP contribution in [-0.4, -0.2) is 10.8 Å². The fraction of sp³-hybridized carbons (Fsp3) is 0. The predicted octanol–water partition coefficient (Wildman–Crippen LogP) is 1.13. The van der Waals surface area contributed by atoms with Gasteiger partial charge in [0, 0.05) is 6.07 Å². The first-order valence-electron chi connectivity index (χ1n) is 4.32. The van der Waals surface area contributed by atoms with Crippen molar-refractivity contribution in [2.45, 2.75) is 0 Å². The molecule has 0 saturated carbocycles. The molecule has 0 spiro atoms. The van der Waals surface area contributed by atoms with Gasteiger partial charge in [0.2, 0.25) is 0 Å². The van der Waals surface area contributed by atoms with E-state index in [1.54, 1.807) is 0 Å². The van der Waals surface area contributed by atoms with Gasteiger partial charge in [0.25, 0.3) is 11.6 Å². The van der Waals surface area contributed by atoms with Crippen LogP contribution in [0.1, 0.15) is 5.56 Å². The molecular formula is C10H6FN3O3. The molecule has 0 aromatic heterocycles. The molecule has 1 aromatic carbocycles. The third kappa shape index (κ3) is 2.63. The summed E-state index contributed by atoms with van der Waals surface area (Å²) in [5.74, 6) is -1.99. The Bertz CT molecular complexity index is 560. The van der Waals surface area contributed by atoms with Crippen molar-refractivity contribution in [1.29, 1.82) is 5.26 Å². The van der Waals surface area contributed by atoms with Crippen molar-refractivity contribution in [1.82, 2.24) is 0 Å². The molecule has 0 aliphatic heterocycles. The molecule has 0 aliphatic rings. The minimum absolute atomic E-state index is 0.451. The van der Waals surface area contributed by atoms with Gasteiger partial charge in [-0.05, 0) is 12.1 Å². The number of carbonyl (C=O) groups excluding carboxylic acids is 1. The fourth-order valence-electron chi connectivity index (χ4n) is 1.13. The van der Waals surface area contributed by atoms with Crippen LogP contribution in [0.5, 0.6) is 0 Å². The summed E-state index contributed by atoms with van der Waals surface area (Å²) in [4.78, 5) is 20.6. The first kappa shape index (κ1) is 12.3. The van der Waals surface area contributed by atoms with E-state index in [9.17, 15) is 19.3 Å². The zero-order valence-electron chi connectivity index (χ0n) is 8.38. The summed E-state index contributed by atoms with van der Waals surface area (Å²) in [6.07, 6.45) is 0.760. The first-order valence-corrected chi connectivity index (χ1v) is 4.32. The lowest BCUT2D eigenvalue weighted by molar-refractivity contribution is -0.385. The number of hydrogen-bond donors (Lipinski definition) is 1. The normalized spacial score (nSPS) is 10.7. The Hall–Kier alpha value is -2.75. The second-order valence-corrected chi connectivity index (χ2v) is 2.96. The van der Waals surface area contributed by atoms with Gasteiger partial charge >= 0.3 is 0 Å². The van der Waals surface area contributed by atoms with E-state index >= 15 is 0 Å². The van der Waals surface area contributed by atoms with Crippen molar-refractivity contribution >= 4 is 17.7 Å². The third-order valence-electron chi connectivity index (χ3n) is 1.90. The van der Waals surface area contributed by atoms with Crippen LogP contribution in [-0.2, 0) is 4.79 Å². The van der Waals surface area contributed by atoms with Gasteiger partial charge in [-0.3, -0.25) is 14.9 Å². The minimum atomic E-state index is -1.08. The molecule has 0 unspecified atom stereocenters. The van der Waals surface area contributed by atoms with Gasteiger partial charge in [0.1, 0.15) is 17.5 Å². The molecule has 1 amide bonds. The number of rotatable bonds is 3. The van der Waals surface area contributed by atoms with Crippen LogP contribution < -0.4 is 5.73 Å². The van der Waals surface area contributed by atoms with Crippen LogP contribution >= 0.6 is 0 Å². The van der Waals surface area contributed by atoms with Crippen molar-refractivity contribution in [3.63, 3.8) is 0 Å². The van der Waals surface area contributed by atoms with Crippen LogP contribution in [0, 0.1) is 27.3 Å². The van der Waals surface area contributed by atoms with Crippen molar-refractivity contribution in [2.75, 3.05) is 0 Å². The van der Waals surface area contributed by atoms with E-state index in [-0.39, 0.29) is 0 Å². The Balaban J connectivity index is 3.46. The number of carbonyl (C=O) groups is 1. The van der Waals surface area contributed by atoms with E-state index < -0.39 is 33.5 Å². The smallest absolute Gasteiger partial charge is 0.279 e. The van der Waals surface area contributed by atoms with Crippen LogP contribution in [0.2, 0.25) is 0 Å². The second kappa shape index (κ2) is 4.85. The summed E-state index contributed by atoms with van der Waals surface area (Å²) in [6.45, 7) is 0. The van der Waals surface area contributed by atoms with E-state index in [1.807, 2.05) is 0 Å². The highest BCUT2D eigenvalue weighted by Crippen LogP contribution is 2.23. The summed E-state index contributed by atoms with van der Waals surface area (Å²) >= 11 is 0. The number of nitrogens with zero attached hydrogens (tertiary/aromatic N) is 2. The van der Waals surface area contributed by atoms with Crippen LogP contribution in [0.3, 0.4) is 0 Å². The Kier molecular flexibility index (Phi) is 3.51. The fourth-order valence-corrected chi connectivity index (χ4v) is 1.13. The number of nitriles is 1. The number of halogens is 1. The molecule has 17 heavy (non-hydrogen) atoms. The quantitative estimate of drug-likeness (QED) is 0.366. The maximum Gasteiger partial charge on any atom is 0.279 e. The molecule has 0 radical (unpaired) electrons. The molecule has 0 bridgehead atoms. The summed E-state index contributed by atoms with van der Waals surface area (Å²) in [6, 6.07) is 4.64. The molecule has 0 atom stereocenters. The number of benzene rings is 1. The monoisotopic (exact) mass is 235 g/mol. The lowest BCUT2D eigenvalue weighted by Crippen LogP contribution is -2.12. The largest absolute Gasteiger partial charge is 0.365 e. The number of amides is 1. The van der Waals surface area contributed by atoms with E-state index in [0.29, 0.717) is 0 Å². The molecular weight excluding hydrogens is 229 g/mol. The highest BCUT2D eigenvalue weighted by Gasteiger charge is 2.17. The van der Waals surface area contributed by atoms with E-state index in [2.05, 4.69) is 0 Å². The molecule has 0 aliphatic carbocycles. The van der Waals surface area contributed by atoms with Crippen molar-refractivity contribution in [2.24, 2.45) is 5.73 Å². The van der Waals surface area contributed by atoms with Gasteiger partial charge in [-0.25, -0.2) is 4.39 Å². The molecule has 0 heterocycles. The highest BCUT2D eigenvalue weighted by molar-refractivity contribution is 6.01. The van der Waals surface area contributed by atoms with Gasteiger partial charge in [-0.1, -0.05) is 6.07 Å². The summed E-state index contributed by atoms with van der Waals surface area (Å²) in [5, 5.41) is 19.2. The molecule has 86 valence electrons. The van der Waals surface area contributed by atoms with Crippen molar-refractivity contribution < 1.29 is 14.1 Å². The van der Waals surface area contributed by atoms with Gasteiger partial charge < -0.3 is 5.73 Å². The first-order chi connectivity index (χ1) is 7.97. The molecule has 0 saturated heterocycles. The maximum absolute atomic E-state index is 13.4. The van der Waals surface area contributed by atoms with Gasteiger partial charge in [0.05, 0.1) is 10.5 Å². The SMILES string of the molecule is N#C/C(=C/c1c(F)cccc1[N+](=O)[O-])C(N)=O. The molecule has 1 rings (SSSR count). The molecule has 6 nitrogen and oxygen atoms in total. The van der Waals surface area contributed by atoms with Gasteiger partial charge in [-0.2, -0.15) is 5.26 Å². The topological polar surface area (TPSA) is 110 Å². The zero-order valence-corrected chi connectivity index (χ0v) is 8.38. The predicted molar refractivity (Wildman–Crippen MR) is 55.8 cm³/mol. The average molecular weight is 235 g/mol. The molecule has 0 fully saturated rings. The lowest BCUT2D eigenvalue weighted by atomic mass is 10.1. The Morgan fingerprint density at radius 2 is 2.24 bits per heavy atom. The average Bonchev–Trinajstić information content (AvgIpc) is 2.26. The highest BCUT2D eigenvalue weighted by atomic mass is 19.1. The summed E-state index contributed by atoms with van der Waals surface area (Å²) in [5.41, 5.74) is 3.30. The van der Waals surface area contributed by atoms with E-state index in [0.717, 1.165) is 24.3 Å². The standard InChI is InChI=1S/C10H6FN3O3/c11-8-2-1-3-9(14(16)17)7(8)4-6(5-12)10(13)15/h1-4H,(H2,13,15)/b6-4-. The lowest BCUT2D eigenvalue weighted by Gasteiger charge is -1.99. The van der Waals surface area contributed by atoms with Crippen LogP contribution in [0.15, 0.2) is 23.8 Å². The number of nitrogens with two attached hydrogens (primary N) is 1. The molecule has 1 aromatic rings. The Morgan fingerprint density at radius 3 is 2.71 bits per heavy atom. The summed E-state index contributed by atoms with van der Waals surface area (Å²) in [7, 11) is 0. The molecule has 7 heteroatoms. The number of hydrogen-bond acceptors (Lipinski definition) is 4. The van der Waals surface area contributed by atoms with Crippen molar-refractivity contribution in [3.05, 3.63) is 45.3 Å². The van der Waals surface area contributed by atoms with E-state index in [4.69, 9.17) is 11.0 Å². The van der Waals surface area contributed by atoms with Crippen LogP contribution in [0.25, 0.3) is 6.08 Å². The van der Waals surface area contributed by atoms with E-state index in [1.165, 1.54) is 6.07 Å². The van der Waals surface area contributed by atoms with Gasteiger partial charge in [0.15, 0.2) is 0 Å². The number of nitro benzene ring substituents is 1. The third-order valence-corrected chi connectivity index (χ3v) is 1.90. The van der Waals surface area contributed by atoms with Crippen molar-refractivity contribution in [3.8, 4) is 6.07 Å². The molecule has 2 N–H and O–H groups in total. The summed E-state index contributed by atoms with van der Waals surface area (Å²) < 4.78 is 13.4. The minimum Gasteiger partial charge on any atom is -0.365 e. The second-order valence-electron chi connectivity index (χ2n) is 2.96. The Morgan fingerprint density at radius 1 is 1.59 bits per heavy atom.